The minimum Gasteiger partial charge on any atom is -0.372 e. The zero-order chi connectivity index (χ0) is 10.6. The second-order valence-electron chi connectivity index (χ2n) is 3.72. The van der Waals surface area contributed by atoms with Crippen molar-refractivity contribution in [2.75, 3.05) is 26.7 Å². The number of ether oxygens (including phenoxy) is 1. The number of hydrogen-bond donors (Lipinski definition) is 1. The van der Waals surface area contributed by atoms with Crippen molar-refractivity contribution in [1.82, 2.24) is 10.2 Å². The number of nitrogens with one attached hydrogen (secondary N) is 1. The van der Waals surface area contributed by atoms with Crippen molar-refractivity contribution in [1.29, 1.82) is 0 Å². The van der Waals surface area contributed by atoms with Gasteiger partial charge in [0.25, 0.3) is 5.91 Å². The first kappa shape index (κ1) is 14.7. The quantitative estimate of drug-likeness (QED) is 0.783. The maximum Gasteiger partial charge on any atom is 0.251 e. The van der Waals surface area contributed by atoms with Crippen molar-refractivity contribution >= 4 is 18.3 Å². The molecule has 1 aliphatic heterocycles. The Bertz CT molecular complexity index is 198. The van der Waals surface area contributed by atoms with Crippen LogP contribution in [0.25, 0.3) is 0 Å². The molecule has 0 aliphatic carbocycles. The predicted molar refractivity (Wildman–Crippen MR) is 62.4 cm³/mol. The molecule has 15 heavy (non-hydrogen) atoms. The standard InChI is InChI=1S/C10H20N2O2.ClH/c1-4-9(14-3)10(13)12-6-5-11-7-8(12)2;/h8-9,11H,4-7H2,1-3H3;1H/t8-,9?;/m1./s1. The summed E-state index contributed by atoms with van der Waals surface area (Å²) in [4.78, 5) is 13.9. The molecule has 0 aromatic heterocycles. The highest BCUT2D eigenvalue weighted by Crippen LogP contribution is 2.08. The van der Waals surface area contributed by atoms with E-state index in [-0.39, 0.29) is 30.5 Å². The molecule has 0 bridgehead atoms. The van der Waals surface area contributed by atoms with Crippen molar-refractivity contribution < 1.29 is 9.53 Å². The molecular weight excluding hydrogens is 216 g/mol. The molecule has 0 aromatic rings. The Labute approximate surface area is 97.8 Å². The molecule has 0 spiro atoms. The Balaban J connectivity index is 0.00000196. The van der Waals surface area contributed by atoms with Gasteiger partial charge in [-0.3, -0.25) is 4.79 Å². The van der Waals surface area contributed by atoms with Gasteiger partial charge in [0.2, 0.25) is 0 Å². The van der Waals surface area contributed by atoms with Gasteiger partial charge < -0.3 is 15.0 Å². The maximum atomic E-state index is 11.9. The molecule has 0 aromatic carbocycles. The fourth-order valence-electron chi connectivity index (χ4n) is 1.80. The monoisotopic (exact) mass is 236 g/mol. The van der Waals surface area contributed by atoms with Gasteiger partial charge >= 0.3 is 0 Å². The van der Waals surface area contributed by atoms with Gasteiger partial charge in [-0.05, 0) is 13.3 Å². The average Bonchev–Trinajstić information content (AvgIpc) is 2.20. The summed E-state index contributed by atoms with van der Waals surface area (Å²) in [6.45, 7) is 6.59. The van der Waals surface area contributed by atoms with Gasteiger partial charge in [-0.25, -0.2) is 0 Å². The number of rotatable bonds is 3. The van der Waals surface area contributed by atoms with Crippen LogP contribution in [0.5, 0.6) is 0 Å². The largest absolute Gasteiger partial charge is 0.372 e. The summed E-state index contributed by atoms with van der Waals surface area (Å²) in [6.07, 6.45) is 0.474. The Morgan fingerprint density at radius 2 is 2.33 bits per heavy atom. The molecule has 4 nitrogen and oxygen atoms in total. The minimum atomic E-state index is -0.268. The number of halogens is 1. The number of carbonyl (C=O) groups excluding carboxylic acids is 1. The topological polar surface area (TPSA) is 41.6 Å². The van der Waals surface area contributed by atoms with Gasteiger partial charge in [-0.15, -0.1) is 12.4 Å². The molecule has 1 heterocycles. The van der Waals surface area contributed by atoms with E-state index in [1.807, 2.05) is 11.8 Å². The predicted octanol–water partition coefficient (Wildman–Crippen LogP) is 0.654. The van der Waals surface area contributed by atoms with Crippen molar-refractivity contribution in [2.45, 2.75) is 32.4 Å². The van der Waals surface area contributed by atoms with Gasteiger partial charge in [0, 0.05) is 32.8 Å². The highest BCUT2D eigenvalue weighted by atomic mass is 35.5. The van der Waals surface area contributed by atoms with E-state index >= 15 is 0 Å². The van der Waals surface area contributed by atoms with E-state index in [9.17, 15) is 4.79 Å². The van der Waals surface area contributed by atoms with Gasteiger partial charge in [-0.2, -0.15) is 0 Å². The lowest BCUT2D eigenvalue weighted by atomic mass is 10.1. The number of amides is 1. The molecule has 1 amide bonds. The van der Waals surface area contributed by atoms with Crippen LogP contribution in [0.3, 0.4) is 0 Å². The number of piperazine rings is 1. The number of methoxy groups -OCH3 is 1. The molecule has 90 valence electrons. The average molecular weight is 237 g/mol. The molecule has 1 N–H and O–H groups in total. The number of nitrogens with zero attached hydrogens (tertiary/aromatic N) is 1. The first-order valence-electron chi connectivity index (χ1n) is 5.24. The molecule has 0 saturated carbocycles. The van der Waals surface area contributed by atoms with E-state index < -0.39 is 0 Å². The molecule has 0 radical (unpaired) electrons. The molecule has 1 fully saturated rings. The van der Waals surface area contributed by atoms with E-state index in [4.69, 9.17) is 4.74 Å². The fraction of sp³-hybridized carbons (Fsp3) is 0.900. The number of hydrogen-bond acceptors (Lipinski definition) is 3. The van der Waals surface area contributed by atoms with Crippen LogP contribution in [0, 0.1) is 0 Å². The van der Waals surface area contributed by atoms with E-state index in [1.54, 1.807) is 7.11 Å². The fourth-order valence-corrected chi connectivity index (χ4v) is 1.80. The number of carbonyl (C=O) groups is 1. The summed E-state index contributed by atoms with van der Waals surface area (Å²) in [7, 11) is 1.60. The maximum absolute atomic E-state index is 11.9. The lowest BCUT2D eigenvalue weighted by Gasteiger charge is -2.35. The first-order valence-corrected chi connectivity index (χ1v) is 5.24. The van der Waals surface area contributed by atoms with Gasteiger partial charge in [0.1, 0.15) is 6.10 Å². The van der Waals surface area contributed by atoms with E-state index in [1.165, 1.54) is 0 Å². The second kappa shape index (κ2) is 7.04. The van der Waals surface area contributed by atoms with E-state index in [2.05, 4.69) is 12.2 Å². The van der Waals surface area contributed by atoms with Crippen LogP contribution in [0.1, 0.15) is 20.3 Å². The molecule has 2 atom stereocenters. The van der Waals surface area contributed by atoms with Crippen LogP contribution in [-0.4, -0.2) is 49.7 Å². The smallest absolute Gasteiger partial charge is 0.251 e. The normalized spacial score (nSPS) is 23.1. The van der Waals surface area contributed by atoms with Crippen LogP contribution >= 0.6 is 12.4 Å². The summed E-state index contributed by atoms with van der Waals surface area (Å²) in [5.74, 6) is 0.129. The Morgan fingerprint density at radius 1 is 1.67 bits per heavy atom. The molecule has 1 aliphatic rings. The van der Waals surface area contributed by atoms with Crippen molar-refractivity contribution in [3.05, 3.63) is 0 Å². The summed E-state index contributed by atoms with van der Waals surface area (Å²) in [6, 6.07) is 0.278. The molecular formula is C10H21ClN2O2. The molecule has 1 rings (SSSR count). The van der Waals surface area contributed by atoms with Crippen LogP contribution in [0.2, 0.25) is 0 Å². The Hall–Kier alpha value is -0.320. The van der Waals surface area contributed by atoms with Gasteiger partial charge in [0.15, 0.2) is 0 Å². The summed E-state index contributed by atoms with van der Waals surface area (Å²) in [5.41, 5.74) is 0. The lowest BCUT2D eigenvalue weighted by molar-refractivity contribution is -0.145. The highest BCUT2D eigenvalue weighted by molar-refractivity contribution is 5.85. The SMILES string of the molecule is CCC(OC)C(=O)N1CCNC[C@H]1C.Cl. The molecule has 1 saturated heterocycles. The Kier molecular flexibility index (Phi) is 6.89. The second-order valence-corrected chi connectivity index (χ2v) is 3.72. The minimum absolute atomic E-state index is 0. The zero-order valence-electron chi connectivity index (χ0n) is 9.66. The third-order valence-electron chi connectivity index (χ3n) is 2.72. The van der Waals surface area contributed by atoms with Crippen molar-refractivity contribution in [2.24, 2.45) is 0 Å². The third kappa shape index (κ3) is 3.63. The highest BCUT2D eigenvalue weighted by Gasteiger charge is 2.27. The van der Waals surface area contributed by atoms with Crippen LogP contribution < -0.4 is 5.32 Å². The van der Waals surface area contributed by atoms with E-state index in [0.29, 0.717) is 0 Å². The van der Waals surface area contributed by atoms with Crippen LogP contribution in [-0.2, 0) is 9.53 Å². The molecule has 5 heteroatoms. The zero-order valence-corrected chi connectivity index (χ0v) is 10.5. The van der Waals surface area contributed by atoms with Gasteiger partial charge in [0.05, 0.1) is 0 Å². The third-order valence-corrected chi connectivity index (χ3v) is 2.72. The van der Waals surface area contributed by atoms with Crippen LogP contribution in [0.4, 0.5) is 0 Å². The summed E-state index contributed by atoms with van der Waals surface area (Å²) < 4.78 is 5.15. The molecule has 1 unspecified atom stereocenters. The summed E-state index contributed by atoms with van der Waals surface area (Å²) in [5, 5.41) is 3.26. The lowest BCUT2D eigenvalue weighted by Crippen LogP contribution is -2.55. The first-order chi connectivity index (χ1) is 6.70. The Morgan fingerprint density at radius 3 is 2.80 bits per heavy atom. The van der Waals surface area contributed by atoms with Gasteiger partial charge in [-0.1, -0.05) is 6.92 Å². The van der Waals surface area contributed by atoms with Crippen LogP contribution in [0.15, 0.2) is 0 Å². The van der Waals surface area contributed by atoms with Crippen molar-refractivity contribution in [3.63, 3.8) is 0 Å². The summed E-state index contributed by atoms with van der Waals surface area (Å²) >= 11 is 0. The van der Waals surface area contributed by atoms with E-state index in [0.717, 1.165) is 26.1 Å². The van der Waals surface area contributed by atoms with Crippen molar-refractivity contribution in [3.8, 4) is 0 Å².